The van der Waals surface area contributed by atoms with Crippen LogP contribution in [0.15, 0.2) is 78.9 Å². The maximum atomic E-state index is 9.79. The molecule has 0 bridgehead atoms. The van der Waals surface area contributed by atoms with Gasteiger partial charge in [-0.25, -0.2) is 4.68 Å². The van der Waals surface area contributed by atoms with Crippen LogP contribution in [0.25, 0.3) is 23.0 Å². The van der Waals surface area contributed by atoms with E-state index >= 15 is 0 Å². The SMILES string of the molecule is N#Cc1c(-c2ccc(Oc3ccccc3)cc2)nn2c1NCC(c1ccccc1N)=C2. The largest absolute Gasteiger partial charge is 0.457 e. The van der Waals surface area contributed by atoms with Crippen LogP contribution in [0.5, 0.6) is 11.5 Å². The number of anilines is 2. The van der Waals surface area contributed by atoms with E-state index in [4.69, 9.17) is 10.5 Å². The van der Waals surface area contributed by atoms with Crippen LogP contribution < -0.4 is 15.8 Å². The van der Waals surface area contributed by atoms with Crippen molar-refractivity contribution in [1.82, 2.24) is 9.78 Å². The summed E-state index contributed by atoms with van der Waals surface area (Å²) in [4.78, 5) is 0. The number of rotatable bonds is 4. The summed E-state index contributed by atoms with van der Waals surface area (Å²) in [5, 5.41) is 17.8. The molecule has 0 unspecified atom stereocenters. The highest BCUT2D eigenvalue weighted by Crippen LogP contribution is 2.34. The zero-order valence-electron chi connectivity index (χ0n) is 16.6. The lowest BCUT2D eigenvalue weighted by molar-refractivity contribution is 0.483. The molecule has 0 saturated carbocycles. The molecule has 31 heavy (non-hydrogen) atoms. The van der Waals surface area contributed by atoms with E-state index in [1.165, 1.54) is 0 Å². The summed E-state index contributed by atoms with van der Waals surface area (Å²) >= 11 is 0. The average molecular weight is 405 g/mol. The fourth-order valence-corrected chi connectivity index (χ4v) is 3.64. The monoisotopic (exact) mass is 405 g/mol. The first-order valence-corrected chi connectivity index (χ1v) is 9.88. The highest BCUT2D eigenvalue weighted by atomic mass is 16.5. The van der Waals surface area contributed by atoms with E-state index in [1.54, 1.807) is 4.68 Å². The van der Waals surface area contributed by atoms with Crippen molar-refractivity contribution in [2.75, 3.05) is 17.6 Å². The molecule has 0 spiro atoms. The lowest BCUT2D eigenvalue weighted by Gasteiger charge is -2.18. The molecule has 4 aromatic rings. The highest BCUT2D eigenvalue weighted by Gasteiger charge is 2.22. The number of para-hydroxylation sites is 2. The molecule has 0 aliphatic carbocycles. The van der Waals surface area contributed by atoms with Crippen molar-refractivity contribution >= 4 is 23.3 Å². The smallest absolute Gasteiger partial charge is 0.148 e. The van der Waals surface area contributed by atoms with Gasteiger partial charge in [0.15, 0.2) is 0 Å². The minimum Gasteiger partial charge on any atom is -0.457 e. The predicted octanol–water partition coefficient (Wildman–Crippen LogP) is 5.22. The van der Waals surface area contributed by atoms with Gasteiger partial charge in [0.05, 0.1) is 0 Å². The lowest BCUT2D eigenvalue weighted by Crippen LogP contribution is -2.15. The standard InChI is InChI=1S/C25H19N5O/c26-14-22-24(17-10-12-20(13-11-17)31-19-6-2-1-3-7-19)29-30-16-18(15-28-25(22)30)21-8-4-5-9-23(21)27/h1-13,16,28H,15,27H2. The molecule has 0 fully saturated rings. The first-order chi connectivity index (χ1) is 15.2. The molecular formula is C25H19N5O. The van der Waals surface area contributed by atoms with Gasteiger partial charge in [0.25, 0.3) is 0 Å². The second-order valence-corrected chi connectivity index (χ2v) is 7.16. The number of hydrogen-bond acceptors (Lipinski definition) is 5. The Morgan fingerprint density at radius 3 is 2.39 bits per heavy atom. The van der Waals surface area contributed by atoms with Crippen molar-refractivity contribution in [2.45, 2.75) is 0 Å². The van der Waals surface area contributed by atoms with E-state index in [9.17, 15) is 5.26 Å². The molecule has 1 aliphatic rings. The minimum atomic E-state index is 0.507. The van der Waals surface area contributed by atoms with Gasteiger partial charge in [-0.2, -0.15) is 10.4 Å². The minimum absolute atomic E-state index is 0.507. The second kappa shape index (κ2) is 7.73. The Morgan fingerprint density at radius 2 is 1.65 bits per heavy atom. The molecule has 1 aromatic heterocycles. The summed E-state index contributed by atoms with van der Waals surface area (Å²) in [5.74, 6) is 2.17. The third kappa shape index (κ3) is 3.49. The normalized spacial score (nSPS) is 12.3. The van der Waals surface area contributed by atoms with E-state index in [0.29, 0.717) is 29.3 Å². The van der Waals surface area contributed by atoms with Gasteiger partial charge in [-0.1, -0.05) is 36.4 Å². The van der Waals surface area contributed by atoms with Crippen LogP contribution in [-0.4, -0.2) is 16.3 Å². The number of aromatic nitrogens is 2. The maximum Gasteiger partial charge on any atom is 0.148 e. The molecule has 1 aliphatic heterocycles. The average Bonchev–Trinajstić information content (AvgIpc) is 3.18. The Kier molecular flexibility index (Phi) is 4.62. The van der Waals surface area contributed by atoms with Crippen molar-refractivity contribution in [3.8, 4) is 28.8 Å². The molecule has 0 radical (unpaired) electrons. The van der Waals surface area contributed by atoms with Gasteiger partial charge in [0, 0.05) is 29.6 Å². The second-order valence-electron chi connectivity index (χ2n) is 7.16. The molecule has 5 rings (SSSR count). The van der Waals surface area contributed by atoms with Gasteiger partial charge < -0.3 is 15.8 Å². The van der Waals surface area contributed by atoms with Crippen LogP contribution in [0, 0.1) is 11.3 Å². The highest BCUT2D eigenvalue weighted by molar-refractivity contribution is 5.88. The summed E-state index contributed by atoms with van der Waals surface area (Å²) in [6, 6.07) is 27.2. The van der Waals surface area contributed by atoms with Crippen molar-refractivity contribution in [3.63, 3.8) is 0 Å². The number of nitriles is 1. The third-order valence-corrected chi connectivity index (χ3v) is 5.16. The molecule has 0 saturated heterocycles. The van der Waals surface area contributed by atoms with Crippen LogP contribution in [0.4, 0.5) is 11.5 Å². The molecule has 3 N–H and O–H groups in total. The summed E-state index contributed by atoms with van der Waals surface area (Å²) in [5.41, 5.74) is 10.8. The first-order valence-electron chi connectivity index (χ1n) is 9.88. The number of hydrogen-bond donors (Lipinski definition) is 2. The summed E-state index contributed by atoms with van der Waals surface area (Å²) in [7, 11) is 0. The Hall–Kier alpha value is -4.50. The Morgan fingerprint density at radius 1 is 0.935 bits per heavy atom. The molecule has 0 amide bonds. The van der Waals surface area contributed by atoms with Gasteiger partial charge in [0.2, 0.25) is 0 Å². The van der Waals surface area contributed by atoms with Gasteiger partial charge >= 0.3 is 0 Å². The van der Waals surface area contributed by atoms with Crippen LogP contribution in [0.2, 0.25) is 0 Å². The van der Waals surface area contributed by atoms with Crippen molar-refractivity contribution in [3.05, 3.63) is 90.0 Å². The van der Waals surface area contributed by atoms with Crippen LogP contribution in [0.1, 0.15) is 11.1 Å². The first kappa shape index (κ1) is 18.5. The Balaban J connectivity index is 1.48. The van der Waals surface area contributed by atoms with Crippen LogP contribution >= 0.6 is 0 Å². The number of nitrogens with zero attached hydrogens (tertiary/aromatic N) is 3. The van der Waals surface area contributed by atoms with Gasteiger partial charge in [-0.15, -0.1) is 0 Å². The van der Waals surface area contributed by atoms with Crippen molar-refractivity contribution < 1.29 is 4.74 Å². The molecule has 2 heterocycles. The fraction of sp³-hybridized carbons (Fsp3) is 0.0400. The van der Waals surface area contributed by atoms with Crippen LogP contribution in [0.3, 0.4) is 0 Å². The summed E-state index contributed by atoms with van der Waals surface area (Å²) in [6.07, 6.45) is 1.93. The zero-order chi connectivity index (χ0) is 21.2. The Labute approximate surface area is 179 Å². The number of nitrogens with one attached hydrogen (secondary N) is 1. The van der Waals surface area contributed by atoms with E-state index in [2.05, 4.69) is 16.5 Å². The number of benzene rings is 3. The number of ether oxygens (including phenoxy) is 1. The molecule has 3 aromatic carbocycles. The summed E-state index contributed by atoms with van der Waals surface area (Å²) in [6.45, 7) is 0.567. The van der Waals surface area contributed by atoms with E-state index < -0.39 is 0 Å². The topological polar surface area (TPSA) is 88.9 Å². The molecular weight excluding hydrogens is 386 g/mol. The molecule has 0 atom stereocenters. The number of nitrogens with two attached hydrogens (primary N) is 1. The van der Waals surface area contributed by atoms with Gasteiger partial charge in [0.1, 0.15) is 34.6 Å². The number of fused-ring (bicyclic) bond motifs is 1. The van der Waals surface area contributed by atoms with E-state index in [-0.39, 0.29) is 0 Å². The predicted molar refractivity (Wildman–Crippen MR) is 122 cm³/mol. The van der Waals surface area contributed by atoms with Crippen molar-refractivity contribution in [2.24, 2.45) is 0 Å². The quantitative estimate of drug-likeness (QED) is 0.455. The van der Waals surface area contributed by atoms with E-state index in [0.717, 1.165) is 28.2 Å². The Bertz CT molecular complexity index is 1310. The zero-order valence-corrected chi connectivity index (χ0v) is 16.6. The van der Waals surface area contributed by atoms with Gasteiger partial charge in [-0.3, -0.25) is 0 Å². The third-order valence-electron chi connectivity index (χ3n) is 5.16. The molecule has 150 valence electrons. The fourth-order valence-electron chi connectivity index (χ4n) is 3.64. The lowest BCUT2D eigenvalue weighted by atomic mass is 10.0. The summed E-state index contributed by atoms with van der Waals surface area (Å²) < 4.78 is 7.57. The van der Waals surface area contributed by atoms with E-state index in [1.807, 2.05) is 85.1 Å². The van der Waals surface area contributed by atoms with Crippen LogP contribution in [-0.2, 0) is 0 Å². The van der Waals surface area contributed by atoms with Crippen molar-refractivity contribution in [1.29, 1.82) is 5.26 Å². The van der Waals surface area contributed by atoms with Gasteiger partial charge in [-0.05, 0) is 48.0 Å². The number of nitrogen functional groups attached to an aromatic ring is 1. The molecule has 6 nitrogen and oxygen atoms in total. The molecule has 6 heteroatoms. The maximum absolute atomic E-state index is 9.79.